The van der Waals surface area contributed by atoms with Gasteiger partial charge in [-0.1, -0.05) is 0 Å². The van der Waals surface area contributed by atoms with Gasteiger partial charge in [0.15, 0.2) is 0 Å². The van der Waals surface area contributed by atoms with Crippen molar-refractivity contribution in [2.24, 2.45) is 0 Å². The first-order chi connectivity index (χ1) is 6.69. The normalized spacial score (nSPS) is 26.9. The van der Waals surface area contributed by atoms with Crippen LogP contribution in [0.25, 0.3) is 0 Å². The van der Waals surface area contributed by atoms with Gasteiger partial charge in [0, 0.05) is 31.4 Å². The number of nitrogens with one attached hydrogen (secondary N) is 2. The molecule has 0 aliphatic carbocycles. The van der Waals surface area contributed by atoms with Crippen molar-refractivity contribution in [1.29, 1.82) is 0 Å². The molecule has 0 bridgehead atoms. The Morgan fingerprint density at radius 1 is 1.64 bits per heavy atom. The number of thioether (sulfide) groups is 1. The van der Waals surface area contributed by atoms with Crippen molar-refractivity contribution in [2.45, 2.75) is 11.3 Å². The van der Waals surface area contributed by atoms with Crippen LogP contribution >= 0.6 is 11.8 Å². The van der Waals surface area contributed by atoms with Gasteiger partial charge < -0.3 is 10.6 Å². The molecule has 4 nitrogen and oxygen atoms in total. The fourth-order valence-corrected chi connectivity index (χ4v) is 2.65. The third-order valence-corrected chi connectivity index (χ3v) is 3.76. The van der Waals surface area contributed by atoms with Crippen LogP contribution < -0.4 is 10.6 Å². The zero-order valence-electron chi connectivity index (χ0n) is 9.04. The smallest absolute Gasteiger partial charge is 0.233 e. The lowest BCUT2D eigenvalue weighted by molar-refractivity contribution is -0.121. The first-order valence-corrected chi connectivity index (χ1v) is 6.12. The quantitative estimate of drug-likeness (QED) is 0.658. The van der Waals surface area contributed by atoms with Crippen molar-refractivity contribution in [3.8, 4) is 0 Å². The number of likely N-dealkylation sites (N-methyl/N-ethyl adjacent to an activating group) is 2. The van der Waals surface area contributed by atoms with Crippen LogP contribution in [0.5, 0.6) is 0 Å². The maximum absolute atomic E-state index is 11.2. The minimum absolute atomic E-state index is 0.0826. The molecule has 1 rings (SSSR count). The molecule has 0 aromatic heterocycles. The van der Waals surface area contributed by atoms with Crippen LogP contribution in [0.4, 0.5) is 0 Å². The molecule has 82 valence electrons. The molecule has 1 aliphatic heterocycles. The van der Waals surface area contributed by atoms with Crippen LogP contribution in [0.3, 0.4) is 0 Å². The van der Waals surface area contributed by atoms with Crippen molar-refractivity contribution in [1.82, 2.24) is 15.5 Å². The zero-order valence-corrected chi connectivity index (χ0v) is 9.86. The summed E-state index contributed by atoms with van der Waals surface area (Å²) >= 11 is 1.87. The lowest BCUT2D eigenvalue weighted by Crippen LogP contribution is -2.44. The molecule has 1 fully saturated rings. The summed E-state index contributed by atoms with van der Waals surface area (Å²) in [7, 11) is 3.69. The van der Waals surface area contributed by atoms with Gasteiger partial charge in [0.2, 0.25) is 5.91 Å². The van der Waals surface area contributed by atoms with Crippen LogP contribution in [-0.4, -0.2) is 62.1 Å². The summed E-state index contributed by atoms with van der Waals surface area (Å²) in [4.78, 5) is 13.3. The largest absolute Gasteiger partial charge is 0.358 e. The fourth-order valence-electron chi connectivity index (χ4n) is 1.74. The summed E-state index contributed by atoms with van der Waals surface area (Å²) in [6.45, 7) is 2.52. The average Bonchev–Trinajstić information content (AvgIpc) is 2.65. The summed E-state index contributed by atoms with van der Waals surface area (Å²) in [5, 5.41) is 6.60. The van der Waals surface area contributed by atoms with Gasteiger partial charge in [0.05, 0.1) is 6.54 Å². The van der Waals surface area contributed by atoms with E-state index in [4.69, 9.17) is 0 Å². The summed E-state index contributed by atoms with van der Waals surface area (Å²) in [6.07, 6.45) is 2.12. The molecule has 2 unspecified atom stereocenters. The number of carbonyl (C=O) groups is 1. The minimum atomic E-state index is 0.0826. The number of rotatable bonds is 4. The molecule has 0 spiro atoms. The highest BCUT2D eigenvalue weighted by atomic mass is 32.2. The first-order valence-electron chi connectivity index (χ1n) is 4.83. The van der Waals surface area contributed by atoms with Crippen molar-refractivity contribution in [3.63, 3.8) is 0 Å². The van der Waals surface area contributed by atoms with Gasteiger partial charge in [-0.3, -0.25) is 9.69 Å². The van der Waals surface area contributed by atoms with Gasteiger partial charge in [-0.25, -0.2) is 0 Å². The van der Waals surface area contributed by atoms with Crippen LogP contribution in [0.15, 0.2) is 0 Å². The third kappa shape index (κ3) is 2.87. The lowest BCUT2D eigenvalue weighted by atomic mass is 10.2. The molecule has 2 N–H and O–H groups in total. The van der Waals surface area contributed by atoms with Crippen molar-refractivity contribution >= 4 is 17.7 Å². The second kappa shape index (κ2) is 5.58. The molecular formula is C9H19N3OS. The molecule has 1 aliphatic rings. The van der Waals surface area contributed by atoms with Gasteiger partial charge >= 0.3 is 0 Å². The summed E-state index contributed by atoms with van der Waals surface area (Å²) in [5.74, 6) is 0.0826. The highest BCUT2D eigenvalue weighted by Crippen LogP contribution is 2.18. The Bertz CT molecular complexity index is 200. The Morgan fingerprint density at radius 2 is 2.36 bits per heavy atom. The molecule has 1 heterocycles. The molecule has 0 aromatic rings. The van der Waals surface area contributed by atoms with Gasteiger partial charge in [-0.15, -0.1) is 0 Å². The maximum atomic E-state index is 11.2. The highest BCUT2D eigenvalue weighted by molar-refractivity contribution is 7.99. The van der Waals surface area contributed by atoms with Gasteiger partial charge in [0.25, 0.3) is 0 Å². The van der Waals surface area contributed by atoms with E-state index in [-0.39, 0.29) is 5.91 Å². The monoisotopic (exact) mass is 217 g/mol. The molecule has 1 amide bonds. The van der Waals surface area contributed by atoms with E-state index in [0.29, 0.717) is 17.8 Å². The van der Waals surface area contributed by atoms with E-state index >= 15 is 0 Å². The van der Waals surface area contributed by atoms with Gasteiger partial charge in [-0.05, 0) is 13.3 Å². The summed E-state index contributed by atoms with van der Waals surface area (Å²) < 4.78 is 0. The van der Waals surface area contributed by atoms with Crippen molar-refractivity contribution < 1.29 is 4.79 Å². The molecule has 0 aromatic carbocycles. The third-order valence-electron chi connectivity index (χ3n) is 2.67. The van der Waals surface area contributed by atoms with Crippen LogP contribution in [0.1, 0.15) is 0 Å². The predicted molar refractivity (Wildman–Crippen MR) is 60.7 cm³/mol. The number of nitrogens with zero attached hydrogens (tertiary/aromatic N) is 1. The molecule has 1 saturated heterocycles. The molecule has 2 atom stereocenters. The molecule has 5 heteroatoms. The van der Waals surface area contributed by atoms with E-state index in [1.807, 2.05) is 18.8 Å². The molecule has 0 radical (unpaired) electrons. The Morgan fingerprint density at radius 3 is 2.93 bits per heavy atom. The van der Waals surface area contributed by atoms with Crippen LogP contribution in [0, 0.1) is 0 Å². The van der Waals surface area contributed by atoms with Crippen molar-refractivity contribution in [2.75, 3.05) is 40.0 Å². The van der Waals surface area contributed by atoms with E-state index in [0.717, 1.165) is 13.1 Å². The van der Waals surface area contributed by atoms with E-state index in [9.17, 15) is 4.79 Å². The average molecular weight is 217 g/mol. The van der Waals surface area contributed by atoms with E-state index < -0.39 is 0 Å². The van der Waals surface area contributed by atoms with Gasteiger partial charge in [0.1, 0.15) is 0 Å². The van der Waals surface area contributed by atoms with Crippen LogP contribution in [0.2, 0.25) is 0 Å². The summed E-state index contributed by atoms with van der Waals surface area (Å²) in [5.41, 5.74) is 0. The second-order valence-electron chi connectivity index (χ2n) is 3.59. The maximum Gasteiger partial charge on any atom is 0.233 e. The number of hydrogen-bond acceptors (Lipinski definition) is 4. The Labute approximate surface area is 89.8 Å². The fraction of sp³-hybridized carbons (Fsp3) is 0.889. The summed E-state index contributed by atoms with van der Waals surface area (Å²) in [6, 6.07) is 0.474. The molecule has 0 saturated carbocycles. The zero-order chi connectivity index (χ0) is 10.6. The number of carbonyl (C=O) groups excluding carboxylic acids is 1. The van der Waals surface area contributed by atoms with E-state index in [2.05, 4.69) is 21.8 Å². The van der Waals surface area contributed by atoms with E-state index in [1.165, 1.54) is 0 Å². The van der Waals surface area contributed by atoms with Gasteiger partial charge in [-0.2, -0.15) is 11.8 Å². The Kier molecular flexibility index (Phi) is 4.71. The molecule has 14 heavy (non-hydrogen) atoms. The highest BCUT2D eigenvalue weighted by Gasteiger charge is 2.29. The first kappa shape index (κ1) is 11.8. The second-order valence-corrected chi connectivity index (χ2v) is 4.66. The van der Waals surface area contributed by atoms with E-state index in [1.54, 1.807) is 7.05 Å². The van der Waals surface area contributed by atoms with Crippen LogP contribution in [-0.2, 0) is 4.79 Å². The minimum Gasteiger partial charge on any atom is -0.358 e. The lowest BCUT2D eigenvalue weighted by Gasteiger charge is -2.26. The number of hydrogen-bond donors (Lipinski definition) is 2. The topological polar surface area (TPSA) is 44.4 Å². The molecular weight excluding hydrogens is 198 g/mol. The predicted octanol–water partition coefficient (Wildman–Crippen LogP) is -0.632. The standard InChI is InChI=1S/C9H19N3OS/c1-10-9(13)6-12(2)7-4-11-5-8(7)14-3/h7-8,11H,4-6H2,1-3H3,(H,10,13). The SMILES string of the molecule is CNC(=O)CN(C)C1CNCC1SC. The number of amides is 1. The Balaban J connectivity index is 2.42. The Hall–Kier alpha value is -0.260. The van der Waals surface area contributed by atoms with Crippen molar-refractivity contribution in [3.05, 3.63) is 0 Å².